The number of ether oxygens (including phenoxy) is 2. The predicted octanol–water partition coefficient (Wildman–Crippen LogP) is 2.88. The molecule has 7 heteroatoms. The molecule has 0 aliphatic carbocycles. The molecule has 0 saturated heterocycles. The molecule has 3 rings (SSSR count). The number of halogens is 1. The molecule has 0 saturated carbocycles. The summed E-state index contributed by atoms with van der Waals surface area (Å²) in [6.07, 6.45) is 0. The second-order valence-electron chi connectivity index (χ2n) is 5.26. The Kier molecular flexibility index (Phi) is 4.07. The van der Waals surface area contributed by atoms with Crippen LogP contribution in [0.1, 0.15) is 26.3 Å². The van der Waals surface area contributed by atoms with Crippen molar-refractivity contribution in [3.63, 3.8) is 0 Å². The monoisotopic (exact) mass is 346 g/mol. The maximum Gasteiger partial charge on any atom is 0.339 e. The molecular formula is C17H15ClN2O4. The first-order valence-electron chi connectivity index (χ1n) is 7.13. The lowest BCUT2D eigenvalue weighted by Gasteiger charge is -2.19. The summed E-state index contributed by atoms with van der Waals surface area (Å²) >= 11 is 6.20. The predicted molar refractivity (Wildman–Crippen MR) is 90.7 cm³/mol. The molecule has 1 amide bonds. The average molecular weight is 347 g/mol. The van der Waals surface area contributed by atoms with Crippen molar-refractivity contribution in [3.05, 3.63) is 52.0 Å². The van der Waals surface area contributed by atoms with E-state index in [2.05, 4.69) is 0 Å². The topological polar surface area (TPSA) is 81.9 Å². The van der Waals surface area contributed by atoms with Crippen LogP contribution in [0, 0.1) is 0 Å². The van der Waals surface area contributed by atoms with E-state index in [-0.39, 0.29) is 18.0 Å². The van der Waals surface area contributed by atoms with E-state index < -0.39 is 5.97 Å². The standard InChI is InChI=1S/C17H15ClN2O4/c1-23-9-3-4-10(17(22)24-2)14(7-9)20-8-11-12(18)5-6-13(19)15(11)16(20)21/h3-7H,8,19H2,1-2H3. The van der Waals surface area contributed by atoms with E-state index in [1.54, 1.807) is 30.3 Å². The molecule has 24 heavy (non-hydrogen) atoms. The number of benzene rings is 2. The van der Waals surface area contributed by atoms with Crippen LogP contribution < -0.4 is 15.4 Å². The smallest absolute Gasteiger partial charge is 0.339 e. The molecule has 1 aliphatic heterocycles. The Morgan fingerprint density at radius 1 is 1.25 bits per heavy atom. The summed E-state index contributed by atoms with van der Waals surface area (Å²) in [5.41, 5.74) is 7.93. The molecular weight excluding hydrogens is 332 g/mol. The van der Waals surface area contributed by atoms with Crippen LogP contribution in [0.2, 0.25) is 5.02 Å². The minimum absolute atomic E-state index is 0.217. The summed E-state index contributed by atoms with van der Waals surface area (Å²) in [5.74, 6) is -0.348. The molecule has 1 aliphatic rings. The number of nitrogens with two attached hydrogens (primary N) is 1. The summed E-state index contributed by atoms with van der Waals surface area (Å²) in [6, 6.07) is 8.04. The Morgan fingerprint density at radius 3 is 2.62 bits per heavy atom. The molecule has 2 aromatic carbocycles. The van der Waals surface area contributed by atoms with Gasteiger partial charge in [0.25, 0.3) is 5.91 Å². The first kappa shape index (κ1) is 16.1. The highest BCUT2D eigenvalue weighted by molar-refractivity contribution is 6.33. The Bertz CT molecular complexity index is 851. The largest absolute Gasteiger partial charge is 0.497 e. The lowest BCUT2D eigenvalue weighted by atomic mass is 10.1. The zero-order valence-electron chi connectivity index (χ0n) is 13.1. The number of nitrogen functional groups attached to an aromatic ring is 1. The van der Waals surface area contributed by atoms with Crippen LogP contribution in [0.25, 0.3) is 0 Å². The zero-order chi connectivity index (χ0) is 17.4. The van der Waals surface area contributed by atoms with Gasteiger partial charge >= 0.3 is 5.97 Å². The number of nitrogens with zero attached hydrogens (tertiary/aromatic N) is 1. The number of anilines is 2. The van der Waals surface area contributed by atoms with Gasteiger partial charge in [-0.3, -0.25) is 4.79 Å². The van der Waals surface area contributed by atoms with Crippen LogP contribution in [0.3, 0.4) is 0 Å². The van der Waals surface area contributed by atoms with E-state index in [9.17, 15) is 9.59 Å². The summed E-state index contributed by atoms with van der Waals surface area (Å²) in [5, 5.41) is 0.456. The fraction of sp³-hybridized carbons (Fsp3) is 0.176. The molecule has 6 nitrogen and oxygen atoms in total. The first-order valence-corrected chi connectivity index (χ1v) is 7.50. The lowest BCUT2D eigenvalue weighted by Crippen LogP contribution is -2.25. The molecule has 1 heterocycles. The van der Waals surface area contributed by atoms with E-state index >= 15 is 0 Å². The molecule has 0 atom stereocenters. The summed E-state index contributed by atoms with van der Waals surface area (Å²) in [4.78, 5) is 26.3. The van der Waals surface area contributed by atoms with E-state index in [1.807, 2.05) is 0 Å². The van der Waals surface area contributed by atoms with Crippen LogP contribution in [0.15, 0.2) is 30.3 Å². The highest BCUT2D eigenvalue weighted by atomic mass is 35.5. The van der Waals surface area contributed by atoms with Gasteiger partial charge in [0.15, 0.2) is 0 Å². The number of fused-ring (bicyclic) bond motifs is 1. The van der Waals surface area contributed by atoms with E-state index in [1.165, 1.54) is 19.1 Å². The molecule has 0 unspecified atom stereocenters. The number of carbonyl (C=O) groups excluding carboxylic acids is 2. The molecule has 0 bridgehead atoms. The van der Waals surface area contributed by atoms with Gasteiger partial charge in [-0.05, 0) is 24.3 Å². The van der Waals surface area contributed by atoms with Gasteiger partial charge < -0.3 is 20.1 Å². The first-order chi connectivity index (χ1) is 11.5. The minimum Gasteiger partial charge on any atom is -0.497 e. The third-order valence-electron chi connectivity index (χ3n) is 3.96. The summed E-state index contributed by atoms with van der Waals surface area (Å²) < 4.78 is 10.0. The molecule has 0 radical (unpaired) electrons. The lowest BCUT2D eigenvalue weighted by molar-refractivity contribution is 0.0601. The van der Waals surface area contributed by atoms with Crippen molar-refractivity contribution in [2.45, 2.75) is 6.54 Å². The summed E-state index contributed by atoms with van der Waals surface area (Å²) in [6.45, 7) is 0.217. The Labute approximate surface area is 143 Å². The second-order valence-corrected chi connectivity index (χ2v) is 5.66. The van der Waals surface area contributed by atoms with Crippen LogP contribution in [-0.4, -0.2) is 26.1 Å². The van der Waals surface area contributed by atoms with Crippen molar-refractivity contribution >= 4 is 34.9 Å². The van der Waals surface area contributed by atoms with Gasteiger partial charge in [0.05, 0.1) is 37.6 Å². The van der Waals surface area contributed by atoms with Crippen LogP contribution >= 0.6 is 11.6 Å². The Morgan fingerprint density at radius 2 is 2.00 bits per heavy atom. The van der Waals surface area contributed by atoms with Crippen molar-refractivity contribution in [2.75, 3.05) is 24.9 Å². The fourth-order valence-electron chi connectivity index (χ4n) is 2.75. The number of hydrogen-bond donors (Lipinski definition) is 1. The number of rotatable bonds is 3. The van der Waals surface area contributed by atoms with Crippen LogP contribution in [0.5, 0.6) is 5.75 Å². The third-order valence-corrected chi connectivity index (χ3v) is 4.32. The van der Waals surface area contributed by atoms with Crippen molar-refractivity contribution in [2.24, 2.45) is 0 Å². The van der Waals surface area contributed by atoms with Gasteiger partial charge in [0, 0.05) is 22.3 Å². The van der Waals surface area contributed by atoms with E-state index in [4.69, 9.17) is 26.8 Å². The average Bonchev–Trinajstić information content (AvgIpc) is 2.95. The zero-order valence-corrected chi connectivity index (χ0v) is 13.9. The van der Waals surface area contributed by atoms with Crippen molar-refractivity contribution in [1.82, 2.24) is 0 Å². The van der Waals surface area contributed by atoms with Crippen molar-refractivity contribution in [3.8, 4) is 5.75 Å². The maximum absolute atomic E-state index is 12.8. The third kappa shape index (κ3) is 2.45. The van der Waals surface area contributed by atoms with Crippen molar-refractivity contribution < 1.29 is 19.1 Å². The van der Waals surface area contributed by atoms with Crippen LogP contribution in [-0.2, 0) is 11.3 Å². The van der Waals surface area contributed by atoms with Crippen molar-refractivity contribution in [1.29, 1.82) is 0 Å². The van der Waals surface area contributed by atoms with Gasteiger partial charge in [0.1, 0.15) is 5.75 Å². The Balaban J connectivity index is 2.14. The van der Waals surface area contributed by atoms with Gasteiger partial charge in [-0.25, -0.2) is 4.79 Å². The van der Waals surface area contributed by atoms with Gasteiger partial charge in [-0.15, -0.1) is 0 Å². The quantitative estimate of drug-likeness (QED) is 0.682. The number of hydrogen-bond acceptors (Lipinski definition) is 5. The molecule has 0 aromatic heterocycles. The highest BCUT2D eigenvalue weighted by Crippen LogP contribution is 2.38. The highest BCUT2D eigenvalue weighted by Gasteiger charge is 2.34. The normalized spacial score (nSPS) is 13.0. The second kappa shape index (κ2) is 6.05. The fourth-order valence-corrected chi connectivity index (χ4v) is 2.97. The van der Waals surface area contributed by atoms with Gasteiger partial charge in [-0.2, -0.15) is 0 Å². The maximum atomic E-state index is 12.8. The van der Waals surface area contributed by atoms with Crippen LogP contribution in [0.4, 0.5) is 11.4 Å². The molecule has 0 fully saturated rings. The molecule has 0 spiro atoms. The number of esters is 1. The van der Waals surface area contributed by atoms with Gasteiger partial charge in [0.2, 0.25) is 0 Å². The van der Waals surface area contributed by atoms with E-state index in [0.29, 0.717) is 33.3 Å². The minimum atomic E-state index is -0.546. The number of carbonyl (C=O) groups is 2. The molecule has 2 N–H and O–H groups in total. The van der Waals surface area contributed by atoms with E-state index in [0.717, 1.165) is 0 Å². The number of amides is 1. The molecule has 2 aromatic rings. The molecule has 124 valence electrons. The van der Waals surface area contributed by atoms with Gasteiger partial charge in [-0.1, -0.05) is 11.6 Å². The summed E-state index contributed by atoms with van der Waals surface area (Å²) in [7, 11) is 2.79. The number of methoxy groups -OCH3 is 2. The Hall–Kier alpha value is -2.73. The SMILES string of the molecule is COC(=O)c1ccc(OC)cc1N1Cc2c(Cl)ccc(N)c2C1=O.